The maximum Gasteiger partial charge on any atom is 0.266 e. The van der Waals surface area contributed by atoms with Gasteiger partial charge >= 0.3 is 0 Å². The van der Waals surface area contributed by atoms with Crippen molar-refractivity contribution in [2.75, 3.05) is 7.11 Å². The third-order valence-electron chi connectivity index (χ3n) is 2.90. The first-order valence-electron chi connectivity index (χ1n) is 6.69. The van der Waals surface area contributed by atoms with Crippen molar-refractivity contribution in [3.63, 3.8) is 0 Å². The van der Waals surface area contributed by atoms with Crippen molar-refractivity contribution < 1.29 is 17.9 Å². The third-order valence-corrected chi connectivity index (χ3v) is 3.78. The summed E-state index contributed by atoms with van der Waals surface area (Å²) >= 11 is 0. The molecule has 0 saturated carbocycles. The smallest absolute Gasteiger partial charge is 0.266 e. The largest absolute Gasteiger partial charge is 0.497 e. The van der Waals surface area contributed by atoms with Crippen LogP contribution in [0.25, 0.3) is 6.08 Å². The fourth-order valence-corrected chi connectivity index (χ4v) is 2.34. The maximum atomic E-state index is 11.9. The number of carbonyl (C=O) groups is 1. The number of methoxy groups -OCH3 is 1. The Bertz CT molecular complexity index is 785. The molecule has 2 aromatic carbocycles. The van der Waals surface area contributed by atoms with Gasteiger partial charge in [-0.15, -0.1) is 4.83 Å². The number of ether oxygens (including phenoxy) is 1. The van der Waals surface area contributed by atoms with Crippen LogP contribution in [0.5, 0.6) is 5.75 Å². The molecule has 2 rings (SSSR count). The van der Waals surface area contributed by atoms with Gasteiger partial charge in [0.25, 0.3) is 15.9 Å². The molecule has 0 aliphatic heterocycles. The van der Waals surface area contributed by atoms with E-state index in [0.717, 1.165) is 11.0 Å². The number of hydrazine groups is 1. The summed E-state index contributed by atoms with van der Waals surface area (Å²) in [5.74, 6) is 0.0391. The van der Waals surface area contributed by atoms with Crippen LogP contribution >= 0.6 is 0 Å². The lowest BCUT2D eigenvalue weighted by Gasteiger charge is -2.06. The molecule has 0 heterocycles. The first-order chi connectivity index (χ1) is 11.0. The minimum atomic E-state index is -3.78. The second-order valence-corrected chi connectivity index (χ2v) is 6.11. The minimum Gasteiger partial charge on any atom is -0.497 e. The number of carbonyl (C=O) groups excluding carboxylic acids is 1. The summed E-state index contributed by atoms with van der Waals surface area (Å²) in [4.78, 5) is 13.9. The van der Waals surface area contributed by atoms with Gasteiger partial charge < -0.3 is 4.74 Å². The monoisotopic (exact) mass is 332 g/mol. The number of sulfonamides is 1. The predicted octanol–water partition coefficient (Wildman–Crippen LogP) is 1.93. The first kappa shape index (κ1) is 16.7. The zero-order valence-electron chi connectivity index (χ0n) is 12.4. The van der Waals surface area contributed by atoms with Crippen LogP contribution in [0.1, 0.15) is 15.9 Å². The normalized spacial score (nSPS) is 11.3. The molecule has 2 N–H and O–H groups in total. The summed E-state index contributed by atoms with van der Waals surface area (Å²) in [6.07, 6.45) is 1.43. The Balaban J connectivity index is 1.95. The number of hydrogen-bond donors (Lipinski definition) is 2. The van der Waals surface area contributed by atoms with Gasteiger partial charge in [0.2, 0.25) is 0 Å². The maximum absolute atomic E-state index is 11.9. The zero-order valence-corrected chi connectivity index (χ0v) is 13.2. The molecule has 7 heteroatoms. The van der Waals surface area contributed by atoms with Crippen molar-refractivity contribution in [2.45, 2.75) is 0 Å². The SMILES string of the molecule is COc1ccc(C(=O)NNS(=O)(=O)/C=C/c2ccccc2)cc1. The fraction of sp³-hybridized carbons (Fsp3) is 0.0625. The highest BCUT2D eigenvalue weighted by Crippen LogP contribution is 2.10. The molecule has 0 fully saturated rings. The van der Waals surface area contributed by atoms with Crippen molar-refractivity contribution in [2.24, 2.45) is 0 Å². The predicted molar refractivity (Wildman–Crippen MR) is 88.0 cm³/mol. The molecule has 2 aromatic rings. The Kier molecular flexibility index (Phi) is 5.51. The topological polar surface area (TPSA) is 84.5 Å². The average Bonchev–Trinajstić information content (AvgIpc) is 2.59. The number of nitrogens with one attached hydrogen (secondary N) is 2. The molecule has 0 aliphatic carbocycles. The van der Waals surface area contributed by atoms with Gasteiger partial charge in [0, 0.05) is 11.0 Å². The van der Waals surface area contributed by atoms with E-state index in [4.69, 9.17) is 4.74 Å². The molecular formula is C16H16N2O4S. The Hall–Kier alpha value is -2.64. The van der Waals surface area contributed by atoms with Crippen molar-refractivity contribution in [1.29, 1.82) is 0 Å². The van der Waals surface area contributed by atoms with Crippen LogP contribution < -0.4 is 15.0 Å². The molecule has 0 atom stereocenters. The molecule has 0 unspecified atom stereocenters. The lowest BCUT2D eigenvalue weighted by Crippen LogP contribution is -2.40. The second-order valence-electron chi connectivity index (χ2n) is 4.54. The van der Waals surface area contributed by atoms with E-state index in [1.165, 1.54) is 25.3 Å². The van der Waals surface area contributed by atoms with E-state index in [1.807, 2.05) is 10.9 Å². The standard InChI is InChI=1S/C16H16N2O4S/c1-22-15-9-7-14(8-10-15)16(19)17-18-23(20,21)12-11-13-5-3-2-4-6-13/h2-12,18H,1H3,(H,17,19)/b12-11+. The quantitative estimate of drug-likeness (QED) is 0.792. The van der Waals surface area contributed by atoms with E-state index in [-0.39, 0.29) is 0 Å². The number of benzene rings is 2. The van der Waals surface area contributed by atoms with Crippen LogP contribution in [0.2, 0.25) is 0 Å². The summed E-state index contributed by atoms with van der Waals surface area (Å²) < 4.78 is 28.6. The third kappa shape index (κ3) is 5.24. The molecule has 0 bridgehead atoms. The molecule has 6 nitrogen and oxygen atoms in total. The zero-order chi connectivity index (χ0) is 16.7. The number of hydrogen-bond acceptors (Lipinski definition) is 4. The molecule has 0 radical (unpaired) electrons. The molecule has 0 spiro atoms. The van der Waals surface area contributed by atoms with Gasteiger partial charge in [-0.1, -0.05) is 30.3 Å². The van der Waals surface area contributed by atoms with Crippen molar-refractivity contribution in [3.8, 4) is 5.75 Å². The second kappa shape index (κ2) is 7.57. The van der Waals surface area contributed by atoms with Gasteiger partial charge in [-0.3, -0.25) is 10.2 Å². The Morgan fingerprint density at radius 3 is 2.30 bits per heavy atom. The molecule has 1 amide bonds. The van der Waals surface area contributed by atoms with Crippen LogP contribution in [-0.2, 0) is 10.0 Å². The van der Waals surface area contributed by atoms with Crippen LogP contribution in [0.4, 0.5) is 0 Å². The summed E-state index contributed by atoms with van der Waals surface area (Å²) in [6, 6.07) is 15.2. The summed E-state index contributed by atoms with van der Waals surface area (Å²) in [5.41, 5.74) is 3.19. The molecule has 0 aliphatic rings. The van der Waals surface area contributed by atoms with Crippen LogP contribution in [0.15, 0.2) is 60.0 Å². The molecule has 0 saturated heterocycles. The molecular weight excluding hydrogens is 316 g/mol. The van der Waals surface area contributed by atoms with E-state index in [2.05, 4.69) is 5.43 Å². The Labute approximate surface area is 134 Å². The van der Waals surface area contributed by atoms with E-state index in [1.54, 1.807) is 36.4 Å². The van der Waals surface area contributed by atoms with Gasteiger partial charge in [-0.25, -0.2) is 8.42 Å². The molecule has 23 heavy (non-hydrogen) atoms. The highest BCUT2D eigenvalue weighted by Gasteiger charge is 2.09. The lowest BCUT2D eigenvalue weighted by molar-refractivity contribution is 0.0945. The first-order valence-corrected chi connectivity index (χ1v) is 8.24. The van der Waals surface area contributed by atoms with E-state index < -0.39 is 15.9 Å². The number of amides is 1. The van der Waals surface area contributed by atoms with E-state index in [9.17, 15) is 13.2 Å². The summed E-state index contributed by atoms with van der Waals surface area (Å²) in [5, 5.41) is 0.983. The van der Waals surface area contributed by atoms with Gasteiger partial charge in [-0.05, 0) is 35.9 Å². The van der Waals surface area contributed by atoms with Gasteiger partial charge in [0.15, 0.2) is 0 Å². The summed E-state index contributed by atoms with van der Waals surface area (Å²) in [6.45, 7) is 0. The average molecular weight is 332 g/mol. The summed E-state index contributed by atoms with van der Waals surface area (Å²) in [7, 11) is -2.27. The van der Waals surface area contributed by atoms with Crippen molar-refractivity contribution in [1.82, 2.24) is 10.3 Å². The van der Waals surface area contributed by atoms with E-state index >= 15 is 0 Å². The van der Waals surface area contributed by atoms with Gasteiger partial charge in [-0.2, -0.15) is 0 Å². The lowest BCUT2D eigenvalue weighted by atomic mass is 10.2. The van der Waals surface area contributed by atoms with Gasteiger partial charge in [0.05, 0.1) is 7.11 Å². The van der Waals surface area contributed by atoms with E-state index in [0.29, 0.717) is 11.3 Å². The Morgan fingerprint density at radius 2 is 1.70 bits per heavy atom. The molecule has 120 valence electrons. The van der Waals surface area contributed by atoms with Crippen LogP contribution in [0.3, 0.4) is 0 Å². The fourth-order valence-electron chi connectivity index (χ4n) is 1.70. The van der Waals surface area contributed by atoms with Crippen molar-refractivity contribution >= 4 is 22.0 Å². The number of rotatable bonds is 6. The highest BCUT2D eigenvalue weighted by molar-refractivity contribution is 7.92. The van der Waals surface area contributed by atoms with Crippen LogP contribution in [-0.4, -0.2) is 21.4 Å². The van der Waals surface area contributed by atoms with Gasteiger partial charge in [0.1, 0.15) is 5.75 Å². The van der Waals surface area contributed by atoms with Crippen LogP contribution in [0, 0.1) is 0 Å². The minimum absolute atomic E-state index is 0.306. The highest BCUT2D eigenvalue weighted by atomic mass is 32.2. The Morgan fingerprint density at radius 1 is 1.04 bits per heavy atom. The molecule has 0 aromatic heterocycles. The van der Waals surface area contributed by atoms with Crippen molar-refractivity contribution in [3.05, 3.63) is 71.1 Å².